The Bertz CT molecular complexity index is 335. The van der Waals surface area contributed by atoms with E-state index >= 15 is 0 Å². The van der Waals surface area contributed by atoms with Gasteiger partial charge in [-0.15, -0.1) is 6.58 Å². The third-order valence-electron chi connectivity index (χ3n) is 4.22. The fraction of sp³-hybridized carbons (Fsp3) is 0.857. The van der Waals surface area contributed by atoms with Crippen LogP contribution >= 0.6 is 0 Å². The van der Waals surface area contributed by atoms with Crippen molar-refractivity contribution in [1.29, 1.82) is 0 Å². The van der Waals surface area contributed by atoms with Crippen LogP contribution in [0.3, 0.4) is 0 Å². The molecule has 0 spiro atoms. The maximum absolute atomic E-state index is 10.00. The highest BCUT2D eigenvalue weighted by Crippen LogP contribution is 2.47. The zero-order chi connectivity index (χ0) is 15.0. The lowest BCUT2D eigenvalue weighted by Gasteiger charge is -2.60. The van der Waals surface area contributed by atoms with Crippen molar-refractivity contribution < 1.29 is 34.3 Å². The van der Waals surface area contributed by atoms with Crippen molar-refractivity contribution in [2.24, 2.45) is 0 Å². The van der Waals surface area contributed by atoms with Gasteiger partial charge in [0.25, 0.3) is 5.97 Å². The van der Waals surface area contributed by atoms with Crippen LogP contribution in [0.25, 0.3) is 0 Å². The van der Waals surface area contributed by atoms with Crippen LogP contribution in [-0.4, -0.2) is 71.1 Å². The molecule has 7 nitrogen and oxygen atoms in total. The summed E-state index contributed by atoms with van der Waals surface area (Å²) in [6.45, 7) is 4.69. The third-order valence-corrected chi connectivity index (χ3v) is 4.22. The summed E-state index contributed by atoms with van der Waals surface area (Å²) in [7, 11) is 0. The van der Waals surface area contributed by atoms with Gasteiger partial charge in [-0.2, -0.15) is 0 Å². The average molecular weight is 302 g/mol. The van der Waals surface area contributed by atoms with Gasteiger partial charge in [0, 0.05) is 13.0 Å². The Morgan fingerprint density at radius 2 is 1.48 bits per heavy atom. The van der Waals surface area contributed by atoms with Crippen molar-refractivity contribution in [3.8, 4) is 0 Å². The van der Waals surface area contributed by atoms with E-state index in [4.69, 9.17) is 18.9 Å². The molecular weight excluding hydrogens is 280 g/mol. The molecule has 1 aliphatic carbocycles. The molecule has 0 aromatic heterocycles. The molecule has 0 amide bonds. The summed E-state index contributed by atoms with van der Waals surface area (Å²) in [5, 5.41) is 30.0. The van der Waals surface area contributed by atoms with Crippen molar-refractivity contribution in [1.82, 2.24) is 0 Å². The second-order valence-electron chi connectivity index (χ2n) is 5.72. The summed E-state index contributed by atoms with van der Waals surface area (Å²) in [6.07, 6.45) is -1.75. The Kier molecular flexibility index (Phi) is 4.33. The highest BCUT2D eigenvalue weighted by atomic mass is 16.9. The molecule has 0 aromatic carbocycles. The Balaban J connectivity index is 1.56. The van der Waals surface area contributed by atoms with Gasteiger partial charge >= 0.3 is 0 Å². The van der Waals surface area contributed by atoms with Gasteiger partial charge in [-0.05, 0) is 12.8 Å². The standard InChI is InChI=1S/C14H22O7/c1-2-6-18-7-4-3-5-14-19-11-8(15)12(20-14)10(17)13(21-14)9(11)16/h2,8-13,15-17H,1,3-7H2. The van der Waals surface area contributed by atoms with E-state index in [1.807, 2.05) is 0 Å². The van der Waals surface area contributed by atoms with E-state index < -0.39 is 42.6 Å². The summed E-state index contributed by atoms with van der Waals surface area (Å²) in [5.41, 5.74) is 0. The molecule has 21 heavy (non-hydrogen) atoms. The fourth-order valence-corrected chi connectivity index (χ4v) is 3.18. The van der Waals surface area contributed by atoms with Crippen LogP contribution in [0.1, 0.15) is 19.3 Å². The van der Waals surface area contributed by atoms with Crippen LogP contribution in [0.5, 0.6) is 0 Å². The Morgan fingerprint density at radius 1 is 0.952 bits per heavy atom. The third kappa shape index (κ3) is 2.63. The summed E-state index contributed by atoms with van der Waals surface area (Å²) < 4.78 is 22.1. The number of rotatable bonds is 7. The zero-order valence-corrected chi connectivity index (χ0v) is 11.8. The van der Waals surface area contributed by atoms with Crippen molar-refractivity contribution in [3.63, 3.8) is 0 Å². The summed E-state index contributed by atoms with van der Waals surface area (Å²) in [5.74, 6) is -1.27. The van der Waals surface area contributed by atoms with E-state index in [-0.39, 0.29) is 0 Å². The molecule has 1 saturated carbocycles. The number of aliphatic hydroxyl groups excluding tert-OH is 3. The molecule has 3 aliphatic heterocycles. The molecule has 120 valence electrons. The summed E-state index contributed by atoms with van der Waals surface area (Å²) >= 11 is 0. The van der Waals surface area contributed by atoms with E-state index in [0.29, 0.717) is 19.6 Å². The molecule has 0 aromatic rings. The summed E-state index contributed by atoms with van der Waals surface area (Å²) in [6, 6.07) is 0. The predicted molar refractivity (Wildman–Crippen MR) is 70.2 cm³/mol. The van der Waals surface area contributed by atoms with E-state index in [2.05, 4.69) is 6.58 Å². The minimum absolute atomic E-state index is 0.458. The first kappa shape index (κ1) is 15.4. The van der Waals surface area contributed by atoms with Crippen molar-refractivity contribution in [2.75, 3.05) is 13.2 Å². The molecule has 0 radical (unpaired) electrons. The molecule has 0 atom stereocenters. The Labute approximate surface area is 123 Å². The normalized spacial score (nSPS) is 47.8. The van der Waals surface area contributed by atoms with Crippen LogP contribution in [0, 0.1) is 0 Å². The van der Waals surface area contributed by atoms with E-state index in [9.17, 15) is 15.3 Å². The first-order chi connectivity index (χ1) is 10.1. The Morgan fingerprint density at radius 3 is 1.95 bits per heavy atom. The number of hydrogen-bond donors (Lipinski definition) is 3. The number of aliphatic hydroxyl groups is 3. The lowest BCUT2D eigenvalue weighted by atomic mass is 9.81. The zero-order valence-electron chi connectivity index (χ0n) is 11.8. The van der Waals surface area contributed by atoms with Gasteiger partial charge in [-0.1, -0.05) is 6.08 Å². The monoisotopic (exact) mass is 302 g/mol. The molecule has 4 bridgehead atoms. The lowest BCUT2D eigenvalue weighted by molar-refractivity contribution is -0.539. The maximum Gasteiger partial charge on any atom is 0.284 e. The van der Waals surface area contributed by atoms with E-state index in [1.165, 1.54) is 0 Å². The predicted octanol–water partition coefficient (Wildman–Crippen LogP) is -0.708. The molecule has 7 heteroatoms. The van der Waals surface area contributed by atoms with Crippen LogP contribution in [0.2, 0.25) is 0 Å². The maximum atomic E-state index is 10.00. The highest BCUT2D eigenvalue weighted by Gasteiger charge is 2.66. The largest absolute Gasteiger partial charge is 0.387 e. The Hall–Kier alpha value is -0.540. The molecule has 4 aliphatic rings. The van der Waals surface area contributed by atoms with E-state index in [0.717, 1.165) is 12.8 Å². The van der Waals surface area contributed by atoms with Gasteiger partial charge in [0.15, 0.2) is 0 Å². The number of ether oxygens (including phenoxy) is 4. The molecule has 3 saturated heterocycles. The minimum atomic E-state index is -1.27. The number of unbranched alkanes of at least 4 members (excludes halogenated alkanes) is 1. The smallest absolute Gasteiger partial charge is 0.284 e. The van der Waals surface area contributed by atoms with E-state index in [1.54, 1.807) is 6.08 Å². The van der Waals surface area contributed by atoms with Gasteiger partial charge in [-0.25, -0.2) is 0 Å². The first-order valence-corrected chi connectivity index (χ1v) is 7.34. The fourth-order valence-electron chi connectivity index (χ4n) is 3.18. The van der Waals surface area contributed by atoms with Crippen LogP contribution in [-0.2, 0) is 18.9 Å². The molecule has 3 N–H and O–H groups in total. The van der Waals surface area contributed by atoms with Crippen molar-refractivity contribution in [2.45, 2.75) is 61.9 Å². The van der Waals surface area contributed by atoms with Gasteiger partial charge in [-0.3, -0.25) is 0 Å². The van der Waals surface area contributed by atoms with Gasteiger partial charge in [0.2, 0.25) is 0 Å². The molecular formula is C14H22O7. The molecule has 4 rings (SSSR count). The molecule has 3 heterocycles. The van der Waals surface area contributed by atoms with Crippen LogP contribution in [0.4, 0.5) is 0 Å². The molecule has 0 unspecified atom stereocenters. The van der Waals surface area contributed by atoms with Gasteiger partial charge in [0.1, 0.15) is 36.6 Å². The second-order valence-corrected chi connectivity index (χ2v) is 5.72. The van der Waals surface area contributed by atoms with Crippen molar-refractivity contribution in [3.05, 3.63) is 12.7 Å². The van der Waals surface area contributed by atoms with Crippen LogP contribution < -0.4 is 0 Å². The average Bonchev–Trinajstić information content (AvgIpc) is 2.48. The quantitative estimate of drug-likeness (QED) is 0.422. The minimum Gasteiger partial charge on any atom is -0.387 e. The second kappa shape index (κ2) is 5.92. The lowest BCUT2D eigenvalue weighted by Crippen LogP contribution is -2.78. The highest BCUT2D eigenvalue weighted by molar-refractivity contribution is 5.07. The molecule has 4 fully saturated rings. The van der Waals surface area contributed by atoms with Gasteiger partial charge < -0.3 is 34.3 Å². The van der Waals surface area contributed by atoms with Crippen molar-refractivity contribution >= 4 is 0 Å². The number of hydrogen-bond acceptors (Lipinski definition) is 7. The van der Waals surface area contributed by atoms with Gasteiger partial charge in [0.05, 0.1) is 6.61 Å². The van der Waals surface area contributed by atoms with Crippen LogP contribution in [0.15, 0.2) is 12.7 Å². The first-order valence-electron chi connectivity index (χ1n) is 7.34. The summed E-state index contributed by atoms with van der Waals surface area (Å²) in [4.78, 5) is 0. The SMILES string of the molecule is C=CCOCCCCC12OC3C(O)C(O1)C(O)C(O2)C3O. The topological polar surface area (TPSA) is 97.6 Å².